The molecule has 0 bridgehead atoms. The molecule has 8 heteroatoms. The number of nitrogens with one attached hydrogen (secondary N) is 1. The summed E-state index contributed by atoms with van der Waals surface area (Å²) in [5, 5.41) is 3.37. The molecule has 1 aliphatic heterocycles. The second-order valence-electron chi connectivity index (χ2n) is 7.92. The average Bonchev–Trinajstić information content (AvgIpc) is 3.23. The van der Waals surface area contributed by atoms with Gasteiger partial charge in [-0.3, -0.25) is 4.79 Å². The molecule has 186 valence electrons. The van der Waals surface area contributed by atoms with Crippen molar-refractivity contribution in [3.63, 3.8) is 0 Å². The molecule has 4 rings (SSSR count). The molecule has 0 saturated carbocycles. The van der Waals surface area contributed by atoms with E-state index in [1.807, 2.05) is 80.6 Å². The van der Waals surface area contributed by atoms with E-state index < -0.39 is 0 Å². The normalized spacial score (nSPS) is 15.2. The van der Waals surface area contributed by atoms with Gasteiger partial charge in [-0.05, 0) is 79.7 Å². The number of carbonyl (C=O) groups is 1. The van der Waals surface area contributed by atoms with Gasteiger partial charge in [0.15, 0.2) is 16.7 Å². The van der Waals surface area contributed by atoms with Crippen LogP contribution in [0, 0.1) is 6.92 Å². The number of carbonyl (C=O) groups excluding carboxylic acids is 1. The van der Waals surface area contributed by atoms with E-state index in [9.17, 15) is 4.79 Å². The number of nitrogens with zero attached hydrogens (tertiary/aromatic N) is 1. The third-order valence-corrected chi connectivity index (χ3v) is 6.26. The summed E-state index contributed by atoms with van der Waals surface area (Å²) in [6.45, 7) is 4.68. The summed E-state index contributed by atoms with van der Waals surface area (Å²) in [5.41, 5.74) is 3.61. The molecule has 1 heterocycles. The number of hydrogen-bond acceptors (Lipinski definition) is 7. The molecule has 1 amide bonds. The van der Waals surface area contributed by atoms with E-state index in [0.717, 1.165) is 28.1 Å². The Balaban J connectivity index is 1.52. The largest absolute Gasteiger partial charge is 0.497 e. The Morgan fingerprint density at radius 1 is 0.917 bits per heavy atom. The van der Waals surface area contributed by atoms with E-state index in [1.165, 1.54) is 11.8 Å². The van der Waals surface area contributed by atoms with Crippen LogP contribution in [-0.4, -0.2) is 31.9 Å². The number of rotatable bonds is 9. The van der Waals surface area contributed by atoms with E-state index in [1.54, 1.807) is 14.2 Å². The maximum Gasteiger partial charge on any atom is 0.264 e. The zero-order chi connectivity index (χ0) is 25.5. The Labute approximate surface area is 215 Å². The number of ether oxygens (including phenoxy) is 4. The molecule has 3 aromatic carbocycles. The molecule has 3 aromatic rings. The van der Waals surface area contributed by atoms with Gasteiger partial charge in [-0.2, -0.15) is 0 Å². The van der Waals surface area contributed by atoms with Crippen LogP contribution in [0.15, 0.2) is 70.6 Å². The van der Waals surface area contributed by atoms with Crippen molar-refractivity contribution in [1.29, 1.82) is 0 Å². The molecule has 0 unspecified atom stereocenters. The van der Waals surface area contributed by atoms with Gasteiger partial charge in [0.05, 0.1) is 31.4 Å². The topological polar surface area (TPSA) is 78.4 Å². The molecule has 1 fully saturated rings. The van der Waals surface area contributed by atoms with Gasteiger partial charge in [-0.1, -0.05) is 23.8 Å². The van der Waals surface area contributed by atoms with Crippen molar-refractivity contribution in [3.8, 4) is 23.0 Å². The predicted molar refractivity (Wildman–Crippen MR) is 143 cm³/mol. The zero-order valence-electron chi connectivity index (χ0n) is 20.7. The average molecular weight is 505 g/mol. The highest BCUT2D eigenvalue weighted by Gasteiger charge is 2.24. The lowest BCUT2D eigenvalue weighted by Gasteiger charge is -2.15. The number of thioether (sulfide) groups is 1. The van der Waals surface area contributed by atoms with E-state index in [0.29, 0.717) is 33.9 Å². The molecule has 1 N–H and O–H groups in total. The monoisotopic (exact) mass is 504 g/mol. The Hall–Kier alpha value is -3.91. The van der Waals surface area contributed by atoms with Crippen molar-refractivity contribution in [2.24, 2.45) is 4.99 Å². The first-order valence-corrected chi connectivity index (χ1v) is 12.3. The van der Waals surface area contributed by atoms with E-state index >= 15 is 0 Å². The van der Waals surface area contributed by atoms with Crippen molar-refractivity contribution in [2.45, 2.75) is 20.5 Å². The Morgan fingerprint density at radius 3 is 2.42 bits per heavy atom. The van der Waals surface area contributed by atoms with Gasteiger partial charge < -0.3 is 24.3 Å². The van der Waals surface area contributed by atoms with Crippen LogP contribution < -0.4 is 24.3 Å². The Kier molecular flexibility index (Phi) is 8.17. The molecule has 1 aliphatic rings. The maximum atomic E-state index is 12.5. The summed E-state index contributed by atoms with van der Waals surface area (Å²) in [6, 6.07) is 19.0. The van der Waals surface area contributed by atoms with Crippen molar-refractivity contribution in [1.82, 2.24) is 5.32 Å². The molecule has 0 aromatic heterocycles. The van der Waals surface area contributed by atoms with Gasteiger partial charge in [0, 0.05) is 5.56 Å². The first-order valence-electron chi connectivity index (χ1n) is 11.5. The van der Waals surface area contributed by atoms with Gasteiger partial charge in [-0.25, -0.2) is 4.99 Å². The number of aliphatic imine (C=N–C) groups is 1. The second kappa shape index (κ2) is 11.7. The summed E-state index contributed by atoms with van der Waals surface area (Å²) in [5.74, 6) is 2.43. The van der Waals surface area contributed by atoms with Gasteiger partial charge in [0.25, 0.3) is 5.91 Å². The molecule has 0 radical (unpaired) electrons. The van der Waals surface area contributed by atoms with Crippen LogP contribution >= 0.6 is 11.8 Å². The van der Waals surface area contributed by atoms with Gasteiger partial charge >= 0.3 is 0 Å². The number of hydrogen-bond donors (Lipinski definition) is 1. The van der Waals surface area contributed by atoms with Gasteiger partial charge in [0.1, 0.15) is 18.1 Å². The van der Waals surface area contributed by atoms with E-state index in [2.05, 4.69) is 10.3 Å². The van der Waals surface area contributed by atoms with Gasteiger partial charge in [0.2, 0.25) is 0 Å². The number of amidine groups is 1. The summed E-state index contributed by atoms with van der Waals surface area (Å²) in [6.07, 6.45) is 1.81. The van der Waals surface area contributed by atoms with Crippen LogP contribution in [0.5, 0.6) is 23.0 Å². The molecule has 0 spiro atoms. The molecule has 36 heavy (non-hydrogen) atoms. The first kappa shape index (κ1) is 25.2. The van der Waals surface area contributed by atoms with Crippen LogP contribution in [0.4, 0.5) is 5.69 Å². The fourth-order valence-electron chi connectivity index (χ4n) is 3.52. The number of aryl methyl sites for hydroxylation is 1. The number of benzene rings is 3. The van der Waals surface area contributed by atoms with Crippen molar-refractivity contribution < 1.29 is 23.7 Å². The van der Waals surface area contributed by atoms with Gasteiger partial charge in [-0.15, -0.1) is 0 Å². The smallest absolute Gasteiger partial charge is 0.264 e. The second-order valence-corrected chi connectivity index (χ2v) is 8.95. The van der Waals surface area contributed by atoms with Crippen LogP contribution in [0.1, 0.15) is 23.6 Å². The first-order chi connectivity index (χ1) is 17.5. The van der Waals surface area contributed by atoms with Crippen molar-refractivity contribution in [3.05, 3.63) is 82.3 Å². The lowest BCUT2D eigenvalue weighted by molar-refractivity contribution is -0.115. The highest BCUT2D eigenvalue weighted by Crippen LogP contribution is 2.34. The van der Waals surface area contributed by atoms with Crippen molar-refractivity contribution >= 4 is 34.6 Å². The fourth-order valence-corrected chi connectivity index (χ4v) is 4.36. The molecule has 0 atom stereocenters. The lowest BCUT2D eigenvalue weighted by atomic mass is 10.1. The number of amides is 1. The number of methoxy groups -OCH3 is 2. The highest BCUT2D eigenvalue weighted by atomic mass is 32.2. The highest BCUT2D eigenvalue weighted by molar-refractivity contribution is 8.18. The van der Waals surface area contributed by atoms with Crippen LogP contribution in [0.2, 0.25) is 0 Å². The minimum Gasteiger partial charge on any atom is -0.497 e. The maximum absolute atomic E-state index is 12.5. The minimum absolute atomic E-state index is 0.186. The third-order valence-electron chi connectivity index (χ3n) is 5.35. The zero-order valence-corrected chi connectivity index (χ0v) is 21.5. The molecule has 1 saturated heterocycles. The Morgan fingerprint density at radius 2 is 1.69 bits per heavy atom. The third kappa shape index (κ3) is 6.20. The Bertz CT molecular complexity index is 1300. The van der Waals surface area contributed by atoms with E-state index in [-0.39, 0.29) is 12.5 Å². The van der Waals surface area contributed by atoms with Crippen molar-refractivity contribution in [2.75, 3.05) is 20.8 Å². The fraction of sp³-hybridized carbons (Fsp3) is 0.214. The SMILES string of the molecule is CCOc1cc(/C=C2\SC(=Nc3ccc(C)cc3)NC2=O)ccc1OCc1cc(OC)ccc1OC. The molecule has 7 nitrogen and oxygen atoms in total. The van der Waals surface area contributed by atoms with Crippen LogP contribution in [0.3, 0.4) is 0 Å². The predicted octanol–water partition coefficient (Wildman–Crippen LogP) is 5.88. The molecular weight excluding hydrogens is 476 g/mol. The molecular formula is C28H28N2O5S. The minimum atomic E-state index is -0.186. The summed E-state index contributed by atoms with van der Waals surface area (Å²) in [4.78, 5) is 17.6. The van der Waals surface area contributed by atoms with Crippen LogP contribution in [-0.2, 0) is 11.4 Å². The van der Waals surface area contributed by atoms with E-state index in [4.69, 9.17) is 18.9 Å². The summed E-state index contributed by atoms with van der Waals surface area (Å²) >= 11 is 1.30. The summed E-state index contributed by atoms with van der Waals surface area (Å²) in [7, 11) is 3.24. The molecule has 0 aliphatic carbocycles. The quantitative estimate of drug-likeness (QED) is 0.367. The van der Waals surface area contributed by atoms with Crippen LogP contribution in [0.25, 0.3) is 6.08 Å². The standard InChI is InChI=1S/C28H28N2O5S/c1-5-34-25-14-19(8-12-24(25)35-17-20-16-22(32-3)11-13-23(20)33-4)15-26-27(31)30-28(36-26)29-21-9-6-18(2)7-10-21/h6-16H,5,17H2,1-4H3,(H,29,30,31)/b26-15-. The lowest BCUT2D eigenvalue weighted by Crippen LogP contribution is -2.19. The summed E-state index contributed by atoms with van der Waals surface area (Å²) < 4.78 is 22.7.